The molecule has 0 aliphatic carbocycles. The van der Waals surface area contributed by atoms with Crippen molar-refractivity contribution in [3.05, 3.63) is 60.7 Å². The van der Waals surface area contributed by atoms with E-state index < -0.39 is 0 Å². The number of fused-ring (bicyclic) bond motifs is 1. The molecule has 2 aromatic carbocycles. The monoisotopic (exact) mass is 426 g/mol. The Hall–Kier alpha value is -3.71. The molecule has 2 aromatic heterocycles. The molecule has 1 aliphatic rings. The quantitative estimate of drug-likeness (QED) is 0.516. The van der Waals surface area contributed by atoms with Crippen LogP contribution in [-0.2, 0) is 4.79 Å². The molecule has 32 heavy (non-hydrogen) atoms. The molecule has 1 fully saturated rings. The third-order valence-electron chi connectivity index (χ3n) is 5.93. The number of anilines is 2. The summed E-state index contributed by atoms with van der Waals surface area (Å²) in [5.41, 5.74) is 7.18. The number of pyridine rings is 1. The van der Waals surface area contributed by atoms with E-state index in [0.29, 0.717) is 0 Å². The van der Waals surface area contributed by atoms with Gasteiger partial charge in [0.15, 0.2) is 0 Å². The van der Waals surface area contributed by atoms with Crippen molar-refractivity contribution in [2.24, 2.45) is 0 Å². The van der Waals surface area contributed by atoms with Crippen LogP contribution in [0.25, 0.3) is 33.5 Å². The van der Waals surface area contributed by atoms with Crippen LogP contribution in [0.2, 0.25) is 0 Å². The summed E-state index contributed by atoms with van der Waals surface area (Å²) in [4.78, 5) is 21.3. The van der Waals surface area contributed by atoms with Gasteiger partial charge in [-0.3, -0.25) is 9.89 Å². The lowest BCUT2D eigenvalue weighted by Gasteiger charge is -2.34. The highest BCUT2D eigenvalue weighted by Gasteiger charge is 2.16. The van der Waals surface area contributed by atoms with Gasteiger partial charge in [0, 0.05) is 49.9 Å². The minimum absolute atomic E-state index is 0.108. The summed E-state index contributed by atoms with van der Waals surface area (Å²) in [5.74, 6) is -0.108. The van der Waals surface area contributed by atoms with Gasteiger partial charge >= 0.3 is 0 Å². The van der Waals surface area contributed by atoms with Crippen LogP contribution < -0.4 is 10.2 Å². The van der Waals surface area contributed by atoms with Crippen LogP contribution in [0.3, 0.4) is 0 Å². The van der Waals surface area contributed by atoms with Gasteiger partial charge in [-0.1, -0.05) is 30.3 Å². The first-order valence-corrected chi connectivity index (χ1v) is 10.8. The first-order valence-electron chi connectivity index (χ1n) is 10.8. The predicted octanol–water partition coefficient (Wildman–Crippen LogP) is 4.00. The molecule has 1 amide bonds. The smallest absolute Gasteiger partial charge is 0.221 e. The van der Waals surface area contributed by atoms with Crippen molar-refractivity contribution < 1.29 is 4.79 Å². The van der Waals surface area contributed by atoms with E-state index in [1.807, 2.05) is 36.4 Å². The normalized spacial score (nSPS) is 14.6. The fraction of sp³-hybridized carbons (Fsp3) is 0.240. The van der Waals surface area contributed by atoms with Crippen LogP contribution in [-0.4, -0.2) is 59.2 Å². The number of para-hydroxylation sites is 1. The van der Waals surface area contributed by atoms with Gasteiger partial charge in [0.25, 0.3) is 0 Å². The zero-order valence-corrected chi connectivity index (χ0v) is 18.3. The lowest BCUT2D eigenvalue weighted by atomic mass is 10.1. The first-order chi connectivity index (χ1) is 15.6. The molecule has 0 saturated carbocycles. The van der Waals surface area contributed by atoms with Gasteiger partial charge in [0.05, 0.1) is 16.9 Å². The fourth-order valence-electron chi connectivity index (χ4n) is 4.15. The number of benzene rings is 2. The summed E-state index contributed by atoms with van der Waals surface area (Å²) < 4.78 is 0. The number of likely N-dealkylation sites (N-methyl/N-ethyl adjacent to an activating group) is 1. The number of carbonyl (C=O) groups is 1. The Morgan fingerprint density at radius 1 is 0.969 bits per heavy atom. The second-order valence-corrected chi connectivity index (χ2v) is 8.23. The van der Waals surface area contributed by atoms with Crippen LogP contribution in [0.15, 0.2) is 60.7 Å². The second-order valence-electron chi connectivity index (χ2n) is 8.23. The zero-order chi connectivity index (χ0) is 22.1. The first kappa shape index (κ1) is 20.2. The molecule has 1 aliphatic heterocycles. The topological polar surface area (TPSA) is 77.2 Å². The lowest BCUT2D eigenvalue weighted by molar-refractivity contribution is -0.114. The molecule has 7 heteroatoms. The van der Waals surface area contributed by atoms with E-state index in [-0.39, 0.29) is 5.91 Å². The lowest BCUT2D eigenvalue weighted by Crippen LogP contribution is -2.44. The zero-order valence-electron chi connectivity index (χ0n) is 18.3. The van der Waals surface area contributed by atoms with Gasteiger partial charge in [0.1, 0.15) is 11.2 Å². The van der Waals surface area contributed by atoms with E-state index in [9.17, 15) is 4.79 Å². The summed E-state index contributed by atoms with van der Waals surface area (Å²) in [5, 5.41) is 10.5. The van der Waals surface area contributed by atoms with Crippen molar-refractivity contribution in [1.29, 1.82) is 0 Å². The van der Waals surface area contributed by atoms with E-state index in [1.165, 1.54) is 12.6 Å². The van der Waals surface area contributed by atoms with Crippen molar-refractivity contribution >= 4 is 28.3 Å². The summed E-state index contributed by atoms with van der Waals surface area (Å²) in [6.45, 7) is 5.75. The summed E-state index contributed by atoms with van der Waals surface area (Å²) in [6.07, 6.45) is 0. The Balaban J connectivity index is 1.48. The van der Waals surface area contributed by atoms with Crippen LogP contribution >= 0.6 is 0 Å². The number of hydrogen-bond donors (Lipinski definition) is 2. The molecule has 0 unspecified atom stereocenters. The Morgan fingerprint density at radius 2 is 1.72 bits per heavy atom. The predicted molar refractivity (Wildman–Crippen MR) is 129 cm³/mol. The Kier molecular flexibility index (Phi) is 5.33. The van der Waals surface area contributed by atoms with E-state index in [4.69, 9.17) is 4.98 Å². The second kappa shape index (κ2) is 8.43. The average Bonchev–Trinajstić information content (AvgIpc) is 3.23. The molecular formula is C25H26N6O. The Labute approximate surface area is 187 Å². The van der Waals surface area contributed by atoms with Crippen LogP contribution in [0.4, 0.5) is 11.4 Å². The maximum Gasteiger partial charge on any atom is 0.221 e. The van der Waals surface area contributed by atoms with Crippen LogP contribution in [0.5, 0.6) is 0 Å². The third-order valence-corrected chi connectivity index (χ3v) is 5.93. The summed E-state index contributed by atoms with van der Waals surface area (Å²) in [7, 11) is 2.17. The van der Waals surface area contributed by atoms with E-state index >= 15 is 0 Å². The molecule has 0 atom stereocenters. The van der Waals surface area contributed by atoms with Gasteiger partial charge in [-0.2, -0.15) is 5.10 Å². The van der Waals surface area contributed by atoms with Crippen molar-refractivity contribution in [2.45, 2.75) is 6.92 Å². The SMILES string of the molecule is CC(=O)Nc1ccccc1-c1ccc2[nH]nc(-c3ccc(N4CCN(C)CC4)cc3)c2n1. The molecule has 3 heterocycles. The van der Waals surface area contributed by atoms with Crippen molar-refractivity contribution in [3.8, 4) is 22.5 Å². The number of carbonyl (C=O) groups excluding carboxylic acids is 1. The molecule has 0 spiro atoms. The minimum Gasteiger partial charge on any atom is -0.369 e. The molecule has 7 nitrogen and oxygen atoms in total. The molecular weight excluding hydrogens is 400 g/mol. The number of aromatic amines is 1. The number of piperazine rings is 1. The highest BCUT2D eigenvalue weighted by atomic mass is 16.1. The summed E-state index contributed by atoms with van der Waals surface area (Å²) >= 11 is 0. The summed E-state index contributed by atoms with van der Waals surface area (Å²) in [6, 6.07) is 20.2. The molecule has 1 saturated heterocycles. The van der Waals surface area contributed by atoms with Gasteiger partial charge in [-0.25, -0.2) is 4.98 Å². The largest absolute Gasteiger partial charge is 0.369 e. The number of nitrogens with zero attached hydrogens (tertiary/aromatic N) is 4. The van der Waals surface area contributed by atoms with Crippen molar-refractivity contribution in [1.82, 2.24) is 20.1 Å². The fourth-order valence-corrected chi connectivity index (χ4v) is 4.15. The number of H-pyrrole nitrogens is 1. The molecule has 162 valence electrons. The van der Waals surface area contributed by atoms with Gasteiger partial charge in [-0.05, 0) is 37.4 Å². The van der Waals surface area contributed by atoms with E-state index in [2.05, 4.69) is 56.6 Å². The van der Waals surface area contributed by atoms with Crippen LogP contribution in [0.1, 0.15) is 6.92 Å². The number of rotatable bonds is 4. The van der Waals surface area contributed by atoms with Gasteiger partial charge < -0.3 is 15.1 Å². The number of hydrogen-bond acceptors (Lipinski definition) is 5. The molecule has 2 N–H and O–H groups in total. The van der Waals surface area contributed by atoms with Gasteiger partial charge in [-0.15, -0.1) is 0 Å². The standard InChI is InChI=1S/C25H26N6O/c1-17(32)26-21-6-4-3-5-20(21)22-11-12-23-25(27-22)24(29-28-23)18-7-9-19(10-8-18)31-15-13-30(2)14-16-31/h3-12H,13-16H2,1-2H3,(H,26,32)(H,28,29). The van der Waals surface area contributed by atoms with E-state index in [0.717, 1.165) is 65.4 Å². The van der Waals surface area contributed by atoms with Gasteiger partial charge in [0.2, 0.25) is 5.91 Å². The highest BCUT2D eigenvalue weighted by Crippen LogP contribution is 2.31. The Morgan fingerprint density at radius 3 is 2.47 bits per heavy atom. The molecule has 0 bridgehead atoms. The van der Waals surface area contributed by atoms with Crippen molar-refractivity contribution in [2.75, 3.05) is 43.4 Å². The third kappa shape index (κ3) is 3.94. The number of nitrogens with one attached hydrogen (secondary N) is 2. The Bertz CT molecular complexity index is 1260. The molecule has 0 radical (unpaired) electrons. The number of amides is 1. The number of aromatic nitrogens is 3. The minimum atomic E-state index is -0.108. The van der Waals surface area contributed by atoms with Crippen molar-refractivity contribution in [3.63, 3.8) is 0 Å². The molecule has 4 aromatic rings. The van der Waals surface area contributed by atoms with E-state index in [1.54, 1.807) is 0 Å². The maximum absolute atomic E-state index is 11.6. The van der Waals surface area contributed by atoms with Crippen LogP contribution in [0, 0.1) is 0 Å². The molecule has 5 rings (SSSR count). The average molecular weight is 427 g/mol. The highest BCUT2D eigenvalue weighted by molar-refractivity contribution is 5.95. The maximum atomic E-state index is 11.6.